The van der Waals surface area contributed by atoms with Crippen LogP contribution in [-0.4, -0.2) is 25.2 Å². The lowest BCUT2D eigenvalue weighted by molar-refractivity contribution is -0.172. The van der Waals surface area contributed by atoms with Crippen LogP contribution in [0.3, 0.4) is 0 Å². The highest BCUT2D eigenvalue weighted by atomic mass is 16.6. The van der Waals surface area contributed by atoms with E-state index in [1.165, 1.54) is 6.08 Å². The van der Waals surface area contributed by atoms with Crippen LogP contribution < -0.4 is 0 Å². The average Bonchev–Trinajstić information content (AvgIpc) is 2.35. The maximum atomic E-state index is 12.0. The molecule has 0 radical (unpaired) electrons. The normalized spacial score (nSPS) is 10.3. The van der Waals surface area contributed by atoms with Crippen molar-refractivity contribution in [1.82, 2.24) is 0 Å². The fraction of sp³-hybridized carbons (Fsp3) is 0.571. The van der Waals surface area contributed by atoms with Gasteiger partial charge in [-0.2, -0.15) is 0 Å². The Hall–Kier alpha value is -1.76. The second kappa shape index (κ2) is 8.35. The van der Waals surface area contributed by atoms with Gasteiger partial charge in [-0.15, -0.1) is 18.9 Å². The van der Waals surface area contributed by atoms with Gasteiger partial charge in [0.15, 0.2) is 5.41 Å². The molecule has 0 atom stereocenters. The van der Waals surface area contributed by atoms with E-state index in [2.05, 4.69) is 12.5 Å². The predicted octanol–water partition coefficient (Wildman–Crippen LogP) is 2.09. The molecule has 0 saturated carbocycles. The van der Waals surface area contributed by atoms with Gasteiger partial charge in [0.1, 0.15) is 0 Å². The minimum absolute atomic E-state index is 0.159. The number of allylic oxidation sites excluding steroid dienone is 1. The van der Waals surface area contributed by atoms with Crippen molar-refractivity contribution < 1.29 is 19.1 Å². The molecular weight excluding hydrogens is 232 g/mol. The van der Waals surface area contributed by atoms with Crippen molar-refractivity contribution in [2.75, 3.05) is 13.2 Å². The van der Waals surface area contributed by atoms with Gasteiger partial charge in [-0.25, -0.2) is 0 Å². The monoisotopic (exact) mass is 252 g/mol. The molecule has 0 bridgehead atoms. The van der Waals surface area contributed by atoms with E-state index in [-0.39, 0.29) is 26.1 Å². The van der Waals surface area contributed by atoms with Gasteiger partial charge in [0.2, 0.25) is 0 Å². The topological polar surface area (TPSA) is 52.6 Å². The van der Waals surface area contributed by atoms with Crippen molar-refractivity contribution in [2.24, 2.45) is 5.41 Å². The lowest BCUT2D eigenvalue weighted by Gasteiger charge is -2.27. The second-order valence-corrected chi connectivity index (χ2v) is 3.72. The predicted molar refractivity (Wildman–Crippen MR) is 68.6 cm³/mol. The Morgan fingerprint density at radius 1 is 1.28 bits per heavy atom. The van der Waals surface area contributed by atoms with Gasteiger partial charge in [-0.3, -0.25) is 9.59 Å². The van der Waals surface area contributed by atoms with Crippen LogP contribution in [0.2, 0.25) is 0 Å². The first-order chi connectivity index (χ1) is 8.58. The molecule has 0 aliphatic carbocycles. The number of carbonyl (C=O) groups excluding carboxylic acids is 2. The van der Waals surface area contributed by atoms with Crippen molar-refractivity contribution in [2.45, 2.75) is 33.1 Å². The van der Waals surface area contributed by atoms with Crippen molar-refractivity contribution in [3.8, 4) is 12.3 Å². The lowest BCUT2D eigenvalue weighted by atomic mass is 9.80. The zero-order valence-electron chi connectivity index (χ0n) is 11.0. The minimum Gasteiger partial charge on any atom is -0.465 e. The summed E-state index contributed by atoms with van der Waals surface area (Å²) in [4.78, 5) is 24.1. The summed E-state index contributed by atoms with van der Waals surface area (Å²) in [6, 6.07) is 0. The molecule has 4 nitrogen and oxygen atoms in total. The number of rotatable bonds is 8. The van der Waals surface area contributed by atoms with Crippen LogP contribution in [0, 0.1) is 17.8 Å². The Kier molecular flexibility index (Phi) is 7.53. The summed E-state index contributed by atoms with van der Waals surface area (Å²) in [5.41, 5.74) is -1.36. The summed E-state index contributed by atoms with van der Waals surface area (Å²) in [7, 11) is 0. The number of ether oxygens (including phenoxy) is 2. The molecule has 18 heavy (non-hydrogen) atoms. The third-order valence-corrected chi connectivity index (χ3v) is 2.52. The minimum atomic E-state index is -1.36. The summed E-state index contributed by atoms with van der Waals surface area (Å²) < 4.78 is 9.94. The van der Waals surface area contributed by atoms with E-state index >= 15 is 0 Å². The first kappa shape index (κ1) is 16.2. The Balaban J connectivity index is 5.26. The molecule has 0 N–H and O–H groups in total. The van der Waals surface area contributed by atoms with E-state index < -0.39 is 17.4 Å². The molecule has 4 heteroatoms. The van der Waals surface area contributed by atoms with Gasteiger partial charge in [-0.1, -0.05) is 6.08 Å². The third-order valence-electron chi connectivity index (χ3n) is 2.52. The maximum Gasteiger partial charge on any atom is 0.323 e. The number of carbonyl (C=O) groups is 2. The molecule has 0 aromatic rings. The van der Waals surface area contributed by atoms with E-state index in [1.807, 2.05) is 0 Å². The highest BCUT2D eigenvalue weighted by Gasteiger charge is 2.47. The molecule has 0 spiro atoms. The number of esters is 2. The Labute approximate surface area is 108 Å². The van der Waals surface area contributed by atoms with Crippen molar-refractivity contribution in [1.29, 1.82) is 0 Å². The van der Waals surface area contributed by atoms with Crippen LogP contribution in [0.1, 0.15) is 33.1 Å². The standard InChI is InChI=1S/C14H20O4/c1-5-9-11-14(10-6-2,12(15)17-7-3)13(16)18-8-4/h1,6H,2,7-11H2,3-4H3. The van der Waals surface area contributed by atoms with Crippen molar-refractivity contribution >= 4 is 11.9 Å². The van der Waals surface area contributed by atoms with Gasteiger partial charge in [0, 0.05) is 6.42 Å². The first-order valence-corrected chi connectivity index (χ1v) is 5.97. The largest absolute Gasteiger partial charge is 0.465 e. The Morgan fingerprint density at radius 2 is 1.78 bits per heavy atom. The van der Waals surface area contributed by atoms with Crippen LogP contribution in [0.5, 0.6) is 0 Å². The number of hydrogen-bond acceptors (Lipinski definition) is 4. The van der Waals surface area contributed by atoms with E-state index in [0.29, 0.717) is 6.42 Å². The SMILES string of the molecule is C#CCCC(CC=C)(C(=O)OCC)C(=O)OCC. The lowest BCUT2D eigenvalue weighted by Crippen LogP contribution is -2.41. The molecule has 0 amide bonds. The highest BCUT2D eigenvalue weighted by Crippen LogP contribution is 2.32. The van der Waals surface area contributed by atoms with Crippen LogP contribution in [-0.2, 0) is 19.1 Å². The van der Waals surface area contributed by atoms with Crippen LogP contribution in [0.15, 0.2) is 12.7 Å². The molecule has 0 aromatic carbocycles. The number of terminal acetylenes is 1. The summed E-state index contributed by atoms with van der Waals surface area (Å²) in [6.45, 7) is 7.34. The van der Waals surface area contributed by atoms with Gasteiger partial charge < -0.3 is 9.47 Å². The van der Waals surface area contributed by atoms with Crippen LogP contribution in [0.25, 0.3) is 0 Å². The molecule has 0 rings (SSSR count). The molecule has 0 aliphatic rings. The maximum absolute atomic E-state index is 12.0. The molecule has 0 aliphatic heterocycles. The molecule has 0 saturated heterocycles. The molecule has 0 aromatic heterocycles. The fourth-order valence-electron chi connectivity index (χ4n) is 1.63. The fourth-order valence-corrected chi connectivity index (χ4v) is 1.63. The molecule has 100 valence electrons. The summed E-state index contributed by atoms with van der Waals surface area (Å²) >= 11 is 0. The van der Waals surface area contributed by atoms with Gasteiger partial charge in [0.25, 0.3) is 0 Å². The number of hydrogen-bond donors (Lipinski definition) is 0. The molecule has 0 heterocycles. The van der Waals surface area contributed by atoms with Crippen molar-refractivity contribution in [3.63, 3.8) is 0 Å². The molecule has 0 fully saturated rings. The zero-order valence-corrected chi connectivity index (χ0v) is 11.0. The summed E-state index contributed by atoms with van der Waals surface area (Å²) in [5, 5.41) is 0. The van der Waals surface area contributed by atoms with E-state index in [9.17, 15) is 9.59 Å². The average molecular weight is 252 g/mol. The smallest absolute Gasteiger partial charge is 0.323 e. The second-order valence-electron chi connectivity index (χ2n) is 3.72. The highest BCUT2D eigenvalue weighted by molar-refractivity contribution is 6.00. The van der Waals surface area contributed by atoms with Gasteiger partial charge in [-0.05, 0) is 26.7 Å². The van der Waals surface area contributed by atoms with Crippen LogP contribution in [0.4, 0.5) is 0 Å². The van der Waals surface area contributed by atoms with Gasteiger partial charge >= 0.3 is 11.9 Å². The first-order valence-electron chi connectivity index (χ1n) is 5.97. The molecular formula is C14H20O4. The van der Waals surface area contributed by atoms with E-state index in [4.69, 9.17) is 15.9 Å². The summed E-state index contributed by atoms with van der Waals surface area (Å²) in [5.74, 6) is 1.23. The quantitative estimate of drug-likeness (QED) is 0.287. The van der Waals surface area contributed by atoms with Crippen LogP contribution >= 0.6 is 0 Å². The van der Waals surface area contributed by atoms with Crippen molar-refractivity contribution in [3.05, 3.63) is 12.7 Å². The Morgan fingerprint density at radius 3 is 2.11 bits per heavy atom. The Bertz CT molecular complexity index is 320. The summed E-state index contributed by atoms with van der Waals surface area (Å²) in [6.07, 6.45) is 7.36. The third kappa shape index (κ3) is 3.92. The zero-order chi connectivity index (χ0) is 14.0. The molecule has 0 unspecified atom stereocenters. The van der Waals surface area contributed by atoms with E-state index in [0.717, 1.165) is 0 Å². The van der Waals surface area contributed by atoms with Gasteiger partial charge in [0.05, 0.1) is 13.2 Å². The van der Waals surface area contributed by atoms with E-state index in [1.54, 1.807) is 13.8 Å².